The fourth-order valence-corrected chi connectivity index (χ4v) is 2.49. The minimum atomic E-state index is -0.227. The quantitative estimate of drug-likeness (QED) is 0.843. The van der Waals surface area contributed by atoms with Crippen LogP contribution in [0.15, 0.2) is 42.7 Å². The van der Waals surface area contributed by atoms with E-state index in [9.17, 15) is 4.79 Å². The summed E-state index contributed by atoms with van der Waals surface area (Å²) in [5, 5.41) is 3.62. The van der Waals surface area contributed by atoms with Crippen LogP contribution < -0.4 is 10.1 Å². The second-order valence-corrected chi connectivity index (χ2v) is 5.67. The third-order valence-electron chi connectivity index (χ3n) is 3.59. The molecule has 0 fully saturated rings. The Morgan fingerprint density at radius 2 is 2.22 bits per heavy atom. The average molecular weight is 333 g/mol. The zero-order valence-corrected chi connectivity index (χ0v) is 14.1. The summed E-state index contributed by atoms with van der Waals surface area (Å²) in [5.74, 6) is 0.568. The standard InChI is InChI=1S/C18H21ClN2O2/c1-3-23-17-7-6-16(19)11-14(17)8-10-21-18(22)13(2)15-5-4-9-20-12-15/h4-7,9,11-13H,3,8,10H2,1-2H3,(H,21,22)/t13-/m1/s1. The van der Waals surface area contributed by atoms with Crippen molar-refractivity contribution in [1.82, 2.24) is 10.3 Å². The first kappa shape index (κ1) is 17.3. The van der Waals surface area contributed by atoms with Crippen molar-refractivity contribution < 1.29 is 9.53 Å². The molecule has 1 amide bonds. The van der Waals surface area contributed by atoms with E-state index in [1.54, 1.807) is 18.5 Å². The maximum absolute atomic E-state index is 12.2. The molecule has 1 aromatic heterocycles. The number of nitrogens with one attached hydrogen (secondary N) is 1. The third-order valence-corrected chi connectivity index (χ3v) is 3.83. The van der Waals surface area contributed by atoms with Gasteiger partial charge in [-0.25, -0.2) is 0 Å². The number of carbonyl (C=O) groups excluding carboxylic acids is 1. The fraction of sp³-hybridized carbons (Fsp3) is 0.333. The Balaban J connectivity index is 1.92. The van der Waals surface area contributed by atoms with Gasteiger partial charge in [0, 0.05) is 24.0 Å². The minimum Gasteiger partial charge on any atom is -0.494 e. The van der Waals surface area contributed by atoms with E-state index in [4.69, 9.17) is 16.3 Å². The molecule has 5 heteroatoms. The van der Waals surface area contributed by atoms with E-state index in [-0.39, 0.29) is 11.8 Å². The lowest BCUT2D eigenvalue weighted by molar-refractivity contribution is -0.122. The van der Waals surface area contributed by atoms with E-state index in [0.29, 0.717) is 24.6 Å². The SMILES string of the molecule is CCOc1ccc(Cl)cc1CCNC(=O)[C@H](C)c1cccnc1. The number of hydrogen-bond donors (Lipinski definition) is 1. The van der Waals surface area contributed by atoms with Crippen LogP contribution in [-0.2, 0) is 11.2 Å². The van der Waals surface area contributed by atoms with Crippen molar-refractivity contribution in [2.24, 2.45) is 0 Å². The second kappa shape index (κ2) is 8.53. The summed E-state index contributed by atoms with van der Waals surface area (Å²) in [5.41, 5.74) is 1.90. The van der Waals surface area contributed by atoms with Gasteiger partial charge in [0.15, 0.2) is 0 Å². The van der Waals surface area contributed by atoms with Gasteiger partial charge in [0.25, 0.3) is 0 Å². The third kappa shape index (κ3) is 4.96. The summed E-state index contributed by atoms with van der Waals surface area (Å²) in [7, 11) is 0. The van der Waals surface area contributed by atoms with Gasteiger partial charge >= 0.3 is 0 Å². The molecule has 0 bridgehead atoms. The number of benzene rings is 1. The Labute approximate surface area is 141 Å². The summed E-state index contributed by atoms with van der Waals surface area (Å²) in [6.45, 7) is 4.94. The van der Waals surface area contributed by atoms with Gasteiger partial charge in [-0.3, -0.25) is 9.78 Å². The van der Waals surface area contributed by atoms with Gasteiger partial charge in [-0.15, -0.1) is 0 Å². The lowest BCUT2D eigenvalue weighted by Gasteiger charge is -2.14. The van der Waals surface area contributed by atoms with Crippen LogP contribution in [0.25, 0.3) is 0 Å². The Kier molecular flexibility index (Phi) is 6.41. The van der Waals surface area contributed by atoms with Crippen molar-refractivity contribution in [2.45, 2.75) is 26.2 Å². The van der Waals surface area contributed by atoms with Gasteiger partial charge in [0.1, 0.15) is 5.75 Å². The molecule has 1 aromatic carbocycles. The molecule has 122 valence electrons. The van der Waals surface area contributed by atoms with E-state index in [0.717, 1.165) is 16.9 Å². The summed E-state index contributed by atoms with van der Waals surface area (Å²) in [4.78, 5) is 16.3. The van der Waals surface area contributed by atoms with Crippen molar-refractivity contribution in [2.75, 3.05) is 13.2 Å². The molecule has 0 spiro atoms. The molecule has 0 aliphatic heterocycles. The van der Waals surface area contributed by atoms with E-state index in [1.165, 1.54) is 0 Å². The number of pyridine rings is 1. The Morgan fingerprint density at radius 1 is 1.39 bits per heavy atom. The number of nitrogens with zero attached hydrogens (tertiary/aromatic N) is 1. The van der Waals surface area contributed by atoms with E-state index in [1.807, 2.05) is 38.1 Å². The number of ether oxygens (including phenoxy) is 1. The first-order valence-electron chi connectivity index (χ1n) is 7.70. The van der Waals surface area contributed by atoms with Gasteiger partial charge in [-0.2, -0.15) is 0 Å². The summed E-state index contributed by atoms with van der Waals surface area (Å²) in [6, 6.07) is 9.28. The minimum absolute atomic E-state index is 0.0158. The maximum Gasteiger partial charge on any atom is 0.227 e. The molecule has 2 aromatic rings. The molecule has 0 saturated carbocycles. The Morgan fingerprint density at radius 3 is 2.91 bits per heavy atom. The first-order chi connectivity index (χ1) is 11.1. The highest BCUT2D eigenvalue weighted by Gasteiger charge is 2.15. The zero-order chi connectivity index (χ0) is 16.7. The second-order valence-electron chi connectivity index (χ2n) is 5.23. The zero-order valence-electron chi connectivity index (χ0n) is 13.4. The predicted octanol–water partition coefficient (Wildman–Crippen LogP) is 3.60. The van der Waals surface area contributed by atoms with Crippen molar-refractivity contribution >= 4 is 17.5 Å². The van der Waals surface area contributed by atoms with Gasteiger partial charge in [-0.05, 0) is 55.7 Å². The van der Waals surface area contributed by atoms with Gasteiger partial charge in [-0.1, -0.05) is 17.7 Å². The smallest absolute Gasteiger partial charge is 0.227 e. The number of amides is 1. The highest BCUT2D eigenvalue weighted by atomic mass is 35.5. The topological polar surface area (TPSA) is 51.2 Å². The number of carbonyl (C=O) groups is 1. The number of halogens is 1. The molecule has 0 unspecified atom stereocenters. The largest absolute Gasteiger partial charge is 0.494 e. The summed E-state index contributed by atoms with van der Waals surface area (Å²) < 4.78 is 5.59. The highest BCUT2D eigenvalue weighted by Crippen LogP contribution is 2.23. The molecule has 1 atom stereocenters. The molecule has 0 aliphatic rings. The van der Waals surface area contributed by atoms with Crippen LogP contribution >= 0.6 is 11.6 Å². The molecule has 0 aliphatic carbocycles. The lowest BCUT2D eigenvalue weighted by Crippen LogP contribution is -2.29. The van der Waals surface area contributed by atoms with Crippen molar-refractivity contribution in [3.8, 4) is 5.75 Å². The van der Waals surface area contributed by atoms with Crippen LogP contribution in [0.1, 0.15) is 30.9 Å². The molecule has 1 heterocycles. The molecule has 1 N–H and O–H groups in total. The summed E-state index contributed by atoms with van der Waals surface area (Å²) in [6.07, 6.45) is 4.08. The van der Waals surface area contributed by atoms with Crippen molar-refractivity contribution in [3.63, 3.8) is 0 Å². The molecular weight excluding hydrogens is 312 g/mol. The Bertz CT molecular complexity index is 647. The van der Waals surface area contributed by atoms with E-state index in [2.05, 4.69) is 10.3 Å². The molecule has 2 rings (SSSR count). The average Bonchev–Trinajstić information content (AvgIpc) is 2.57. The molecule has 0 radical (unpaired) electrons. The van der Waals surface area contributed by atoms with Gasteiger partial charge in [0.2, 0.25) is 5.91 Å². The van der Waals surface area contributed by atoms with Crippen LogP contribution in [0.5, 0.6) is 5.75 Å². The fourth-order valence-electron chi connectivity index (χ4n) is 2.30. The van der Waals surface area contributed by atoms with Crippen molar-refractivity contribution in [3.05, 3.63) is 58.9 Å². The van der Waals surface area contributed by atoms with Crippen LogP contribution in [0.3, 0.4) is 0 Å². The normalized spacial score (nSPS) is 11.8. The monoisotopic (exact) mass is 332 g/mol. The molecule has 0 saturated heterocycles. The first-order valence-corrected chi connectivity index (χ1v) is 8.08. The molecular formula is C18H21ClN2O2. The van der Waals surface area contributed by atoms with Gasteiger partial charge in [0.05, 0.1) is 12.5 Å². The number of rotatable bonds is 7. The van der Waals surface area contributed by atoms with Crippen LogP contribution in [0.4, 0.5) is 0 Å². The van der Waals surface area contributed by atoms with Gasteiger partial charge < -0.3 is 10.1 Å². The van der Waals surface area contributed by atoms with Crippen molar-refractivity contribution in [1.29, 1.82) is 0 Å². The number of hydrogen-bond acceptors (Lipinski definition) is 3. The lowest BCUT2D eigenvalue weighted by atomic mass is 10.0. The molecule has 4 nitrogen and oxygen atoms in total. The maximum atomic E-state index is 12.2. The van der Waals surface area contributed by atoms with Crippen LogP contribution in [0.2, 0.25) is 5.02 Å². The van der Waals surface area contributed by atoms with Crippen LogP contribution in [-0.4, -0.2) is 24.0 Å². The predicted molar refractivity (Wildman–Crippen MR) is 92.0 cm³/mol. The van der Waals surface area contributed by atoms with E-state index < -0.39 is 0 Å². The van der Waals surface area contributed by atoms with E-state index >= 15 is 0 Å². The van der Waals surface area contributed by atoms with Crippen LogP contribution in [0, 0.1) is 0 Å². The molecule has 23 heavy (non-hydrogen) atoms. The summed E-state index contributed by atoms with van der Waals surface area (Å²) >= 11 is 6.04. The Hall–Kier alpha value is -2.07. The highest BCUT2D eigenvalue weighted by molar-refractivity contribution is 6.30. The number of aromatic nitrogens is 1.